The highest BCUT2D eigenvalue weighted by Gasteiger charge is 2.07. The number of nitrogens with zero attached hydrogens (tertiary/aromatic N) is 2. The summed E-state index contributed by atoms with van der Waals surface area (Å²) in [6, 6.07) is 9.65. The number of aromatic nitrogens is 2. The second-order valence-electron chi connectivity index (χ2n) is 4.03. The molecule has 17 heavy (non-hydrogen) atoms. The van der Waals surface area contributed by atoms with E-state index in [1.165, 1.54) is 0 Å². The third-order valence-electron chi connectivity index (χ3n) is 2.59. The Kier molecular flexibility index (Phi) is 3.23. The van der Waals surface area contributed by atoms with Crippen LogP contribution in [0.3, 0.4) is 0 Å². The Hall–Kier alpha value is -2.10. The van der Waals surface area contributed by atoms with Gasteiger partial charge in [0, 0.05) is 19.3 Å². The predicted molar refractivity (Wildman–Crippen MR) is 66.7 cm³/mol. The third kappa shape index (κ3) is 2.93. The van der Waals surface area contributed by atoms with Crippen LogP contribution in [0.4, 0.5) is 5.82 Å². The van der Waals surface area contributed by atoms with Gasteiger partial charge in [0.1, 0.15) is 0 Å². The molecule has 0 bridgehead atoms. The first-order valence-electron chi connectivity index (χ1n) is 5.49. The molecule has 1 N–H and O–H groups in total. The molecule has 0 aliphatic rings. The van der Waals surface area contributed by atoms with Gasteiger partial charge in [0.05, 0.1) is 6.42 Å². The van der Waals surface area contributed by atoms with Gasteiger partial charge in [-0.05, 0) is 18.1 Å². The molecule has 0 aliphatic heterocycles. The highest BCUT2D eigenvalue weighted by Crippen LogP contribution is 2.09. The van der Waals surface area contributed by atoms with Crippen molar-refractivity contribution < 1.29 is 4.79 Å². The summed E-state index contributed by atoms with van der Waals surface area (Å²) in [5.74, 6) is 0.545. The van der Waals surface area contributed by atoms with Crippen molar-refractivity contribution in [3.05, 3.63) is 47.7 Å². The van der Waals surface area contributed by atoms with E-state index < -0.39 is 0 Å². The fourth-order valence-electron chi connectivity index (χ4n) is 1.65. The van der Waals surface area contributed by atoms with Crippen molar-refractivity contribution in [2.45, 2.75) is 13.3 Å². The zero-order valence-corrected chi connectivity index (χ0v) is 9.97. The minimum absolute atomic E-state index is 0.0435. The number of nitrogens with one attached hydrogen (secondary N) is 1. The van der Waals surface area contributed by atoms with Gasteiger partial charge in [0.15, 0.2) is 5.82 Å². The second kappa shape index (κ2) is 4.82. The number of benzene rings is 1. The average Bonchev–Trinajstić information content (AvgIpc) is 2.67. The number of aryl methyl sites for hydroxylation is 2. The molecule has 2 rings (SSSR count). The maximum absolute atomic E-state index is 11.8. The van der Waals surface area contributed by atoms with Gasteiger partial charge in [0.2, 0.25) is 5.91 Å². The van der Waals surface area contributed by atoms with Gasteiger partial charge in [-0.15, -0.1) is 0 Å². The molecule has 4 nitrogen and oxygen atoms in total. The smallest absolute Gasteiger partial charge is 0.230 e. The molecular weight excluding hydrogens is 214 g/mol. The van der Waals surface area contributed by atoms with Gasteiger partial charge in [0.25, 0.3) is 0 Å². The third-order valence-corrected chi connectivity index (χ3v) is 2.59. The molecule has 4 heteroatoms. The van der Waals surface area contributed by atoms with Gasteiger partial charge in [-0.3, -0.25) is 9.48 Å². The minimum atomic E-state index is -0.0435. The lowest BCUT2D eigenvalue weighted by Crippen LogP contribution is -2.15. The van der Waals surface area contributed by atoms with Crippen LogP contribution in [0, 0.1) is 6.92 Å². The molecule has 0 unspecified atom stereocenters. The molecule has 88 valence electrons. The van der Waals surface area contributed by atoms with Crippen molar-refractivity contribution in [1.29, 1.82) is 0 Å². The Morgan fingerprint density at radius 1 is 1.35 bits per heavy atom. The molecular formula is C13H15N3O. The summed E-state index contributed by atoms with van der Waals surface area (Å²) in [4.78, 5) is 11.8. The Bertz CT molecular complexity index is 531. The highest BCUT2D eigenvalue weighted by molar-refractivity contribution is 5.91. The first-order valence-corrected chi connectivity index (χ1v) is 5.49. The van der Waals surface area contributed by atoms with Crippen LogP contribution in [0.15, 0.2) is 36.5 Å². The molecule has 1 aromatic heterocycles. The molecule has 1 amide bonds. The molecule has 0 radical (unpaired) electrons. The van der Waals surface area contributed by atoms with Crippen LogP contribution >= 0.6 is 0 Å². The van der Waals surface area contributed by atoms with Gasteiger partial charge >= 0.3 is 0 Å². The number of anilines is 1. The number of carbonyl (C=O) groups is 1. The van der Waals surface area contributed by atoms with Crippen molar-refractivity contribution in [1.82, 2.24) is 9.78 Å². The summed E-state index contributed by atoms with van der Waals surface area (Å²) in [7, 11) is 1.82. The quantitative estimate of drug-likeness (QED) is 0.874. The van der Waals surface area contributed by atoms with E-state index in [1.807, 2.05) is 38.2 Å². The maximum atomic E-state index is 11.8. The van der Waals surface area contributed by atoms with Crippen LogP contribution in [0.5, 0.6) is 0 Å². The molecule has 1 heterocycles. The summed E-state index contributed by atoms with van der Waals surface area (Å²) >= 11 is 0. The van der Waals surface area contributed by atoms with E-state index in [0.717, 1.165) is 11.1 Å². The first-order chi connectivity index (χ1) is 8.15. The summed E-state index contributed by atoms with van der Waals surface area (Å²) in [6.45, 7) is 2.00. The number of rotatable bonds is 3. The van der Waals surface area contributed by atoms with Crippen LogP contribution in [-0.2, 0) is 18.3 Å². The summed E-state index contributed by atoms with van der Waals surface area (Å²) in [5.41, 5.74) is 2.17. The fourth-order valence-corrected chi connectivity index (χ4v) is 1.65. The van der Waals surface area contributed by atoms with E-state index in [0.29, 0.717) is 12.2 Å². The molecule has 0 fully saturated rings. The Morgan fingerprint density at radius 2 is 2.12 bits per heavy atom. The van der Waals surface area contributed by atoms with E-state index in [1.54, 1.807) is 16.9 Å². The van der Waals surface area contributed by atoms with E-state index >= 15 is 0 Å². The Morgan fingerprint density at radius 3 is 2.76 bits per heavy atom. The standard InChI is InChI=1S/C13H15N3O/c1-10-5-3-4-6-11(10)9-13(17)14-12-7-8-16(2)15-12/h3-8H,9H2,1-2H3,(H,14,15,17). The monoisotopic (exact) mass is 229 g/mol. The second-order valence-corrected chi connectivity index (χ2v) is 4.03. The lowest BCUT2D eigenvalue weighted by molar-refractivity contribution is -0.115. The van der Waals surface area contributed by atoms with E-state index in [4.69, 9.17) is 0 Å². The summed E-state index contributed by atoms with van der Waals surface area (Å²) in [6.07, 6.45) is 2.17. The first kappa shape index (κ1) is 11.4. The lowest BCUT2D eigenvalue weighted by atomic mass is 10.1. The van der Waals surface area contributed by atoms with Gasteiger partial charge in [-0.25, -0.2) is 0 Å². The number of hydrogen-bond acceptors (Lipinski definition) is 2. The van der Waals surface area contributed by atoms with Crippen LogP contribution in [-0.4, -0.2) is 15.7 Å². The van der Waals surface area contributed by atoms with Gasteiger partial charge in [-0.2, -0.15) is 5.10 Å². The van der Waals surface area contributed by atoms with Crippen LogP contribution in [0.25, 0.3) is 0 Å². The van der Waals surface area contributed by atoms with E-state index in [-0.39, 0.29) is 5.91 Å². The molecule has 2 aromatic rings. The van der Waals surface area contributed by atoms with Crippen LogP contribution < -0.4 is 5.32 Å². The molecule has 1 aromatic carbocycles. The zero-order chi connectivity index (χ0) is 12.3. The molecule has 0 atom stereocenters. The Balaban J connectivity index is 2.01. The van der Waals surface area contributed by atoms with Crippen molar-refractivity contribution >= 4 is 11.7 Å². The number of amides is 1. The molecule has 0 saturated carbocycles. The van der Waals surface area contributed by atoms with Crippen molar-refractivity contribution in [2.24, 2.45) is 7.05 Å². The van der Waals surface area contributed by atoms with Crippen LogP contribution in [0.2, 0.25) is 0 Å². The summed E-state index contributed by atoms with van der Waals surface area (Å²) < 4.78 is 1.66. The SMILES string of the molecule is Cc1ccccc1CC(=O)Nc1ccn(C)n1. The predicted octanol–water partition coefficient (Wildman–Crippen LogP) is 1.91. The van der Waals surface area contributed by atoms with Crippen molar-refractivity contribution in [2.75, 3.05) is 5.32 Å². The normalized spacial score (nSPS) is 10.2. The largest absolute Gasteiger partial charge is 0.309 e. The molecule has 0 aliphatic carbocycles. The minimum Gasteiger partial charge on any atom is -0.309 e. The molecule has 0 saturated heterocycles. The highest BCUT2D eigenvalue weighted by atomic mass is 16.1. The van der Waals surface area contributed by atoms with Crippen molar-refractivity contribution in [3.8, 4) is 0 Å². The fraction of sp³-hybridized carbons (Fsp3) is 0.231. The summed E-state index contributed by atoms with van der Waals surface area (Å²) in [5, 5.41) is 6.87. The van der Waals surface area contributed by atoms with E-state index in [2.05, 4.69) is 10.4 Å². The topological polar surface area (TPSA) is 46.9 Å². The zero-order valence-electron chi connectivity index (χ0n) is 9.97. The van der Waals surface area contributed by atoms with Crippen molar-refractivity contribution in [3.63, 3.8) is 0 Å². The van der Waals surface area contributed by atoms with E-state index in [9.17, 15) is 4.79 Å². The molecule has 0 spiro atoms. The average molecular weight is 229 g/mol. The van der Waals surface area contributed by atoms with Gasteiger partial charge < -0.3 is 5.32 Å². The van der Waals surface area contributed by atoms with Crippen LogP contribution in [0.1, 0.15) is 11.1 Å². The maximum Gasteiger partial charge on any atom is 0.230 e. The van der Waals surface area contributed by atoms with Gasteiger partial charge in [-0.1, -0.05) is 24.3 Å². The number of carbonyl (C=O) groups excluding carboxylic acids is 1. The number of hydrogen-bond donors (Lipinski definition) is 1. The lowest BCUT2D eigenvalue weighted by Gasteiger charge is -2.05. The Labute approximate surface area is 100 Å².